The molecule has 120 valence electrons. The van der Waals surface area contributed by atoms with Crippen LogP contribution in [0.5, 0.6) is 5.75 Å². The van der Waals surface area contributed by atoms with Crippen molar-refractivity contribution in [1.29, 1.82) is 0 Å². The normalized spacial score (nSPS) is 10.1. The summed E-state index contributed by atoms with van der Waals surface area (Å²) in [4.78, 5) is 0. The maximum atomic E-state index is 13.6. The molecule has 0 atom stereocenters. The van der Waals surface area contributed by atoms with Gasteiger partial charge in [0, 0.05) is 17.7 Å². The van der Waals surface area contributed by atoms with Gasteiger partial charge in [0.2, 0.25) is 0 Å². The topological polar surface area (TPSA) is 21.3 Å². The number of nitrogens with one attached hydrogen (secondary N) is 1. The maximum Gasteiger partial charge on any atom is 0.129 e. The largest absolute Gasteiger partial charge is 0.488 e. The van der Waals surface area contributed by atoms with Gasteiger partial charge in [-0.25, -0.2) is 4.39 Å². The highest BCUT2D eigenvalue weighted by Crippen LogP contribution is 2.20. The fourth-order valence-corrected chi connectivity index (χ4v) is 2.09. The van der Waals surface area contributed by atoms with Gasteiger partial charge in [0.15, 0.2) is 0 Å². The molecule has 0 saturated heterocycles. The third-order valence-electron chi connectivity index (χ3n) is 3.34. The lowest BCUT2D eigenvalue weighted by Crippen LogP contribution is -2.15. The summed E-state index contributed by atoms with van der Waals surface area (Å²) in [6, 6.07) is 14.6. The number of ether oxygens (including phenoxy) is 1. The summed E-state index contributed by atoms with van der Waals surface area (Å²) in [7, 11) is 0. The quantitative estimate of drug-likeness (QED) is 0.710. The SMILES string of the molecule is CCCCNCc1ccccc1OCc1ccccc1F.Cl. The van der Waals surface area contributed by atoms with Crippen LogP contribution in [0, 0.1) is 5.82 Å². The molecule has 0 spiro atoms. The van der Waals surface area contributed by atoms with E-state index in [0.29, 0.717) is 5.56 Å². The predicted octanol–water partition coefficient (Wildman–Crippen LogP) is 4.72. The van der Waals surface area contributed by atoms with Crippen molar-refractivity contribution >= 4 is 12.4 Å². The minimum absolute atomic E-state index is 0. The van der Waals surface area contributed by atoms with Crippen LogP contribution in [-0.4, -0.2) is 6.54 Å². The molecule has 4 heteroatoms. The fraction of sp³-hybridized carbons (Fsp3) is 0.333. The molecule has 0 aliphatic carbocycles. The Hall–Kier alpha value is -1.58. The van der Waals surface area contributed by atoms with E-state index in [1.165, 1.54) is 12.5 Å². The molecule has 0 saturated carbocycles. The summed E-state index contributed by atoms with van der Waals surface area (Å²) in [6.07, 6.45) is 2.34. The second kappa shape index (κ2) is 10.2. The average Bonchev–Trinajstić information content (AvgIpc) is 2.52. The molecule has 0 aliphatic rings. The fourth-order valence-electron chi connectivity index (χ4n) is 2.09. The molecule has 0 radical (unpaired) electrons. The number of unbranched alkanes of at least 4 members (excludes halogenated alkanes) is 1. The highest BCUT2D eigenvalue weighted by Gasteiger charge is 2.05. The lowest BCUT2D eigenvalue weighted by Gasteiger charge is -2.12. The Bertz CT molecular complexity index is 562. The van der Waals surface area contributed by atoms with Gasteiger partial charge in [-0.3, -0.25) is 0 Å². The first-order valence-electron chi connectivity index (χ1n) is 7.46. The minimum atomic E-state index is -0.226. The van der Waals surface area contributed by atoms with Gasteiger partial charge in [-0.1, -0.05) is 49.7 Å². The van der Waals surface area contributed by atoms with Crippen LogP contribution in [0.2, 0.25) is 0 Å². The van der Waals surface area contributed by atoms with E-state index in [2.05, 4.69) is 12.2 Å². The Morgan fingerprint density at radius 1 is 1.00 bits per heavy atom. The third-order valence-corrected chi connectivity index (χ3v) is 3.34. The van der Waals surface area contributed by atoms with Crippen molar-refractivity contribution < 1.29 is 9.13 Å². The van der Waals surface area contributed by atoms with Gasteiger partial charge in [0.25, 0.3) is 0 Å². The van der Waals surface area contributed by atoms with Crippen molar-refractivity contribution in [2.45, 2.75) is 32.9 Å². The molecular weight excluding hydrogens is 301 g/mol. The zero-order valence-electron chi connectivity index (χ0n) is 12.8. The van der Waals surface area contributed by atoms with Gasteiger partial charge in [0.05, 0.1) is 0 Å². The lowest BCUT2D eigenvalue weighted by molar-refractivity contribution is 0.296. The van der Waals surface area contributed by atoms with Gasteiger partial charge >= 0.3 is 0 Å². The smallest absolute Gasteiger partial charge is 0.129 e. The maximum absolute atomic E-state index is 13.6. The average molecular weight is 324 g/mol. The van der Waals surface area contributed by atoms with Gasteiger partial charge in [-0.2, -0.15) is 0 Å². The van der Waals surface area contributed by atoms with Crippen LogP contribution in [0.3, 0.4) is 0 Å². The Morgan fingerprint density at radius 2 is 1.68 bits per heavy atom. The Morgan fingerprint density at radius 3 is 2.41 bits per heavy atom. The molecule has 0 amide bonds. The number of hydrogen-bond donors (Lipinski definition) is 1. The van der Waals surface area contributed by atoms with E-state index in [4.69, 9.17) is 4.74 Å². The molecule has 0 aromatic heterocycles. The molecule has 22 heavy (non-hydrogen) atoms. The molecule has 2 aromatic carbocycles. The minimum Gasteiger partial charge on any atom is -0.488 e. The second-order valence-electron chi connectivity index (χ2n) is 5.02. The van der Waals surface area contributed by atoms with Crippen LogP contribution in [-0.2, 0) is 13.2 Å². The Kier molecular flexibility index (Phi) is 8.56. The molecule has 0 unspecified atom stereocenters. The molecular formula is C18H23ClFNO. The van der Waals surface area contributed by atoms with Crippen molar-refractivity contribution in [1.82, 2.24) is 5.32 Å². The van der Waals surface area contributed by atoms with Crippen LogP contribution >= 0.6 is 12.4 Å². The van der Waals surface area contributed by atoms with Crippen molar-refractivity contribution in [2.75, 3.05) is 6.54 Å². The first kappa shape index (κ1) is 18.5. The van der Waals surface area contributed by atoms with E-state index in [1.54, 1.807) is 12.1 Å². The van der Waals surface area contributed by atoms with E-state index in [0.717, 1.165) is 30.8 Å². The first-order valence-corrected chi connectivity index (χ1v) is 7.46. The number of benzene rings is 2. The molecule has 2 nitrogen and oxygen atoms in total. The summed E-state index contributed by atoms with van der Waals surface area (Å²) in [5, 5.41) is 3.40. The summed E-state index contributed by atoms with van der Waals surface area (Å²) in [6.45, 7) is 4.19. The summed E-state index contributed by atoms with van der Waals surface area (Å²) < 4.78 is 19.4. The molecule has 2 aromatic rings. The molecule has 2 rings (SSSR count). The van der Waals surface area contributed by atoms with E-state index in [-0.39, 0.29) is 24.8 Å². The van der Waals surface area contributed by atoms with Crippen molar-refractivity contribution in [2.24, 2.45) is 0 Å². The van der Waals surface area contributed by atoms with Gasteiger partial charge in [-0.15, -0.1) is 12.4 Å². The standard InChI is InChI=1S/C18H22FNO.ClH/c1-2-3-12-20-13-15-8-5-7-11-18(15)21-14-16-9-4-6-10-17(16)19;/h4-11,20H,2-3,12-14H2,1H3;1H. The molecule has 1 N–H and O–H groups in total. The summed E-state index contributed by atoms with van der Waals surface area (Å²) >= 11 is 0. The number of hydrogen-bond acceptors (Lipinski definition) is 2. The van der Waals surface area contributed by atoms with Crippen molar-refractivity contribution in [3.8, 4) is 5.75 Å². The number of rotatable bonds is 8. The van der Waals surface area contributed by atoms with E-state index in [9.17, 15) is 4.39 Å². The molecule has 0 heterocycles. The van der Waals surface area contributed by atoms with Crippen LogP contribution < -0.4 is 10.1 Å². The monoisotopic (exact) mass is 323 g/mol. The van der Waals surface area contributed by atoms with E-state index >= 15 is 0 Å². The second-order valence-corrected chi connectivity index (χ2v) is 5.02. The van der Waals surface area contributed by atoms with Crippen LogP contribution in [0.25, 0.3) is 0 Å². The summed E-state index contributed by atoms with van der Waals surface area (Å²) in [5.74, 6) is 0.584. The van der Waals surface area contributed by atoms with E-state index < -0.39 is 0 Å². The highest BCUT2D eigenvalue weighted by atomic mass is 35.5. The Balaban J connectivity index is 0.00000242. The highest BCUT2D eigenvalue weighted by molar-refractivity contribution is 5.85. The number of halogens is 2. The van der Waals surface area contributed by atoms with Gasteiger partial charge < -0.3 is 10.1 Å². The van der Waals surface area contributed by atoms with Crippen LogP contribution in [0.1, 0.15) is 30.9 Å². The molecule has 0 bridgehead atoms. The predicted molar refractivity (Wildman–Crippen MR) is 91.0 cm³/mol. The Labute approximate surface area is 138 Å². The van der Waals surface area contributed by atoms with Crippen molar-refractivity contribution in [3.63, 3.8) is 0 Å². The zero-order valence-corrected chi connectivity index (χ0v) is 13.7. The number of para-hydroxylation sites is 1. The molecule has 0 aliphatic heterocycles. The van der Waals surface area contributed by atoms with Gasteiger partial charge in [0.1, 0.15) is 18.2 Å². The van der Waals surface area contributed by atoms with Crippen molar-refractivity contribution in [3.05, 3.63) is 65.5 Å². The summed E-state index contributed by atoms with van der Waals surface area (Å²) in [5.41, 5.74) is 1.68. The van der Waals surface area contributed by atoms with Crippen LogP contribution in [0.4, 0.5) is 4.39 Å². The first-order chi connectivity index (χ1) is 10.3. The zero-order chi connectivity index (χ0) is 14.9. The van der Waals surface area contributed by atoms with E-state index in [1.807, 2.05) is 30.3 Å². The van der Waals surface area contributed by atoms with Gasteiger partial charge in [-0.05, 0) is 25.1 Å². The lowest BCUT2D eigenvalue weighted by atomic mass is 10.2. The third kappa shape index (κ3) is 5.66. The van der Waals surface area contributed by atoms with Crippen LogP contribution in [0.15, 0.2) is 48.5 Å². The molecule has 0 fully saturated rings.